The van der Waals surface area contributed by atoms with Crippen LogP contribution < -0.4 is 0 Å². The van der Waals surface area contributed by atoms with E-state index in [-0.39, 0.29) is 30.4 Å². The average Bonchev–Trinajstić information content (AvgIpc) is 3.14. The van der Waals surface area contributed by atoms with Crippen molar-refractivity contribution < 1.29 is 24.2 Å². The number of carbonyl (C=O) groups is 3. The molecule has 4 aliphatic heterocycles. The van der Waals surface area contributed by atoms with Gasteiger partial charge in [-0.1, -0.05) is 56.4 Å². The minimum atomic E-state index is -1.15. The number of aliphatic hydroxyl groups excluding tert-OH is 1. The first kappa shape index (κ1) is 25.5. The fourth-order valence-electron chi connectivity index (χ4n) is 7.37. The molecule has 3 amide bonds. The minimum absolute atomic E-state index is 0.0389. The van der Waals surface area contributed by atoms with Crippen LogP contribution in [-0.2, 0) is 19.1 Å². The van der Waals surface area contributed by atoms with Crippen molar-refractivity contribution in [2.24, 2.45) is 11.8 Å². The Morgan fingerprint density at radius 2 is 1.64 bits per heavy atom. The second-order valence-electron chi connectivity index (χ2n) is 11.5. The molecular weight excluding hydrogens is 458 g/mol. The zero-order chi connectivity index (χ0) is 25.5. The molecule has 0 bridgehead atoms. The SMILES string of the molecule is CN1CC=C[C@]2(C)O[C@]34C=CCN(C5CCCCC5)C(=O)C3N(CCCCCCO)C(=O)[C@@H]4[C@@H]2C1=O. The lowest BCUT2D eigenvalue weighted by Gasteiger charge is -2.40. The quantitative estimate of drug-likeness (QED) is 0.429. The van der Waals surface area contributed by atoms with E-state index in [1.807, 2.05) is 36.1 Å². The number of amides is 3. The van der Waals surface area contributed by atoms with Crippen LogP contribution in [-0.4, -0.2) is 94.1 Å². The normalized spacial score (nSPS) is 36.7. The molecule has 1 saturated carbocycles. The van der Waals surface area contributed by atoms with E-state index in [1.165, 1.54) is 6.42 Å². The van der Waals surface area contributed by atoms with Gasteiger partial charge in [0.15, 0.2) is 0 Å². The highest BCUT2D eigenvalue weighted by Gasteiger charge is 2.74. The van der Waals surface area contributed by atoms with Gasteiger partial charge in [-0.2, -0.15) is 0 Å². The average molecular weight is 500 g/mol. The highest BCUT2D eigenvalue weighted by Crippen LogP contribution is 2.57. The number of likely N-dealkylation sites (N-methyl/N-ethyl adjacent to an activating group) is 1. The van der Waals surface area contributed by atoms with Crippen molar-refractivity contribution >= 4 is 17.7 Å². The van der Waals surface area contributed by atoms with Crippen molar-refractivity contribution in [1.82, 2.24) is 14.7 Å². The van der Waals surface area contributed by atoms with Crippen molar-refractivity contribution in [2.75, 3.05) is 33.3 Å². The largest absolute Gasteiger partial charge is 0.396 e. The van der Waals surface area contributed by atoms with Crippen molar-refractivity contribution in [3.05, 3.63) is 24.3 Å². The van der Waals surface area contributed by atoms with Crippen LogP contribution in [0.15, 0.2) is 24.3 Å². The number of fused-ring (bicyclic) bond motifs is 2. The summed E-state index contributed by atoms with van der Waals surface area (Å²) >= 11 is 0. The van der Waals surface area contributed by atoms with E-state index in [1.54, 1.807) is 16.8 Å². The summed E-state index contributed by atoms with van der Waals surface area (Å²) in [5.74, 6) is -1.68. The lowest BCUT2D eigenvalue weighted by molar-refractivity contribution is -0.154. The third kappa shape index (κ3) is 4.01. The first-order valence-corrected chi connectivity index (χ1v) is 13.9. The van der Waals surface area contributed by atoms with Gasteiger partial charge in [0.25, 0.3) is 0 Å². The molecule has 1 aliphatic carbocycles. The smallest absolute Gasteiger partial charge is 0.249 e. The van der Waals surface area contributed by atoms with Crippen LogP contribution in [0.4, 0.5) is 0 Å². The molecule has 1 unspecified atom stereocenters. The van der Waals surface area contributed by atoms with E-state index in [0.29, 0.717) is 19.6 Å². The topological polar surface area (TPSA) is 90.4 Å². The molecule has 1 N–H and O–H groups in total. The molecule has 5 atom stereocenters. The van der Waals surface area contributed by atoms with Gasteiger partial charge in [0, 0.05) is 39.3 Å². The molecule has 0 aromatic carbocycles. The Balaban J connectivity index is 1.53. The zero-order valence-electron chi connectivity index (χ0n) is 21.7. The first-order chi connectivity index (χ1) is 17.3. The van der Waals surface area contributed by atoms with Crippen molar-refractivity contribution in [3.8, 4) is 0 Å². The summed E-state index contributed by atoms with van der Waals surface area (Å²) < 4.78 is 6.83. The molecule has 2 saturated heterocycles. The molecule has 8 heteroatoms. The summed E-state index contributed by atoms with van der Waals surface area (Å²) in [6.45, 7) is 3.50. The maximum atomic E-state index is 14.3. The van der Waals surface area contributed by atoms with Gasteiger partial charge in [-0.05, 0) is 32.6 Å². The number of likely N-dealkylation sites (tertiary alicyclic amines) is 1. The summed E-state index contributed by atoms with van der Waals surface area (Å²) in [5, 5.41) is 9.12. The number of rotatable bonds is 7. The van der Waals surface area contributed by atoms with Crippen LogP contribution in [0.2, 0.25) is 0 Å². The van der Waals surface area contributed by atoms with Crippen molar-refractivity contribution in [1.29, 1.82) is 0 Å². The van der Waals surface area contributed by atoms with E-state index in [4.69, 9.17) is 9.84 Å². The number of unbranched alkanes of at least 4 members (excludes halogenated alkanes) is 3. The summed E-state index contributed by atoms with van der Waals surface area (Å²) in [6, 6.07) is -0.578. The van der Waals surface area contributed by atoms with Gasteiger partial charge in [0.05, 0.1) is 17.4 Å². The number of aliphatic hydroxyl groups is 1. The Morgan fingerprint density at radius 1 is 0.917 bits per heavy atom. The monoisotopic (exact) mass is 499 g/mol. The molecule has 0 aromatic rings. The number of hydrogen-bond acceptors (Lipinski definition) is 5. The molecule has 0 aromatic heterocycles. The van der Waals surface area contributed by atoms with Gasteiger partial charge in [-0.25, -0.2) is 0 Å². The maximum Gasteiger partial charge on any atom is 0.249 e. The molecule has 36 heavy (non-hydrogen) atoms. The molecule has 4 heterocycles. The molecule has 3 fully saturated rings. The number of hydrogen-bond donors (Lipinski definition) is 1. The van der Waals surface area contributed by atoms with Crippen LogP contribution in [0.25, 0.3) is 0 Å². The van der Waals surface area contributed by atoms with Gasteiger partial charge in [0.2, 0.25) is 17.7 Å². The summed E-state index contributed by atoms with van der Waals surface area (Å²) in [7, 11) is 1.76. The van der Waals surface area contributed by atoms with E-state index >= 15 is 0 Å². The third-order valence-corrected chi connectivity index (χ3v) is 9.11. The molecule has 0 radical (unpaired) electrons. The lowest BCUT2D eigenvalue weighted by Crippen LogP contribution is -2.57. The molecule has 198 valence electrons. The van der Waals surface area contributed by atoms with Crippen molar-refractivity contribution in [3.63, 3.8) is 0 Å². The predicted molar refractivity (Wildman–Crippen MR) is 135 cm³/mol. The second-order valence-corrected chi connectivity index (χ2v) is 11.5. The highest BCUT2D eigenvalue weighted by molar-refractivity contribution is 6.00. The van der Waals surface area contributed by atoms with Gasteiger partial charge in [0.1, 0.15) is 11.6 Å². The number of carbonyl (C=O) groups excluding carboxylic acids is 3. The van der Waals surface area contributed by atoms with E-state index in [9.17, 15) is 14.4 Å². The third-order valence-electron chi connectivity index (χ3n) is 9.11. The van der Waals surface area contributed by atoms with Crippen LogP contribution in [0, 0.1) is 11.8 Å². The lowest BCUT2D eigenvalue weighted by atomic mass is 9.74. The summed E-state index contributed by atoms with van der Waals surface area (Å²) in [6.07, 6.45) is 16.5. The van der Waals surface area contributed by atoms with Gasteiger partial charge < -0.3 is 24.5 Å². The molecule has 1 spiro atoms. The van der Waals surface area contributed by atoms with E-state index < -0.39 is 29.1 Å². The highest BCUT2D eigenvalue weighted by atomic mass is 16.5. The van der Waals surface area contributed by atoms with E-state index in [2.05, 4.69) is 0 Å². The van der Waals surface area contributed by atoms with Crippen LogP contribution >= 0.6 is 0 Å². The Labute approximate surface area is 214 Å². The first-order valence-electron chi connectivity index (χ1n) is 13.9. The Bertz CT molecular complexity index is 943. The number of ether oxygens (including phenoxy) is 1. The van der Waals surface area contributed by atoms with Gasteiger partial charge in [-0.3, -0.25) is 14.4 Å². The Kier molecular flexibility index (Phi) is 7.03. The number of nitrogens with zero attached hydrogens (tertiary/aromatic N) is 3. The summed E-state index contributed by atoms with van der Waals surface area (Å²) in [4.78, 5) is 47.5. The van der Waals surface area contributed by atoms with Crippen LogP contribution in [0.3, 0.4) is 0 Å². The Morgan fingerprint density at radius 3 is 2.39 bits per heavy atom. The maximum absolute atomic E-state index is 14.3. The minimum Gasteiger partial charge on any atom is -0.396 e. The van der Waals surface area contributed by atoms with Gasteiger partial charge >= 0.3 is 0 Å². The van der Waals surface area contributed by atoms with Gasteiger partial charge in [-0.15, -0.1) is 0 Å². The second kappa shape index (κ2) is 9.93. The fraction of sp³-hybridized carbons (Fsp3) is 0.750. The molecule has 5 rings (SSSR count). The van der Waals surface area contributed by atoms with Crippen molar-refractivity contribution in [2.45, 2.75) is 88.0 Å². The van der Waals surface area contributed by atoms with E-state index in [0.717, 1.165) is 51.4 Å². The standard InChI is InChI=1S/C28H41N3O5/c1-27-14-10-16-29(2)24(33)21(27)22-25(34)31(17-8-3-4-9-19-32)23-26(35)30(20-12-6-5-7-13-20)18-11-15-28(22,23)36-27/h10-11,14-15,20-23,32H,3-9,12-13,16-19H2,1-2H3/t21-,22+,23?,27+,28+/m1/s1. The Hall–Kier alpha value is -2.19. The van der Waals surface area contributed by atoms with Crippen LogP contribution in [0.5, 0.6) is 0 Å². The molecule has 5 aliphatic rings. The van der Waals surface area contributed by atoms with Crippen LogP contribution in [0.1, 0.15) is 64.7 Å². The predicted octanol–water partition coefficient (Wildman–Crippen LogP) is 2.27. The fourth-order valence-corrected chi connectivity index (χ4v) is 7.37. The molecule has 8 nitrogen and oxygen atoms in total. The zero-order valence-corrected chi connectivity index (χ0v) is 21.7. The summed E-state index contributed by atoms with van der Waals surface area (Å²) in [5.41, 5.74) is -2.10. The molecular formula is C28H41N3O5.